The van der Waals surface area contributed by atoms with Crippen molar-refractivity contribution in [3.63, 3.8) is 0 Å². The van der Waals surface area contributed by atoms with Crippen LogP contribution in [-0.4, -0.2) is 19.4 Å². The molecule has 0 spiro atoms. The third-order valence-corrected chi connectivity index (χ3v) is 0.303. The molecule has 0 aliphatic rings. The molecule has 9 heavy (non-hydrogen) atoms. The first-order chi connectivity index (χ1) is 3.27. The molecule has 0 atom stereocenters. The van der Waals surface area contributed by atoms with Gasteiger partial charge in [0.2, 0.25) is 0 Å². The summed E-state index contributed by atoms with van der Waals surface area (Å²) < 4.78 is 3.68. The molecule has 0 radical (unpaired) electrons. The molecule has 0 rings (SSSR count). The van der Waals surface area contributed by atoms with Gasteiger partial charge in [0, 0.05) is 6.61 Å². The molecule has 6 heteroatoms. The number of hydrogen-bond acceptors (Lipinski definition) is 4. The van der Waals surface area contributed by atoms with E-state index < -0.39 is 12.8 Å². The first-order valence-corrected chi connectivity index (χ1v) is 1.69. The van der Waals surface area contributed by atoms with E-state index in [-0.39, 0.29) is 44.3 Å². The number of hydrogen-bond donors (Lipinski definition) is 0. The van der Waals surface area contributed by atoms with Crippen molar-refractivity contribution in [2.45, 2.75) is 0 Å². The number of rotatable bonds is 2. The Morgan fingerprint density at radius 1 is 1.44 bits per heavy atom. The first-order valence-electron chi connectivity index (χ1n) is 1.69. The fourth-order valence-electron chi connectivity index (χ4n) is 0.125. The molecule has 0 aromatic rings. The molecule has 0 bridgehead atoms. The van der Waals surface area contributed by atoms with Crippen molar-refractivity contribution < 1.29 is 57.5 Å². The van der Waals surface area contributed by atoms with Crippen molar-refractivity contribution in [1.29, 1.82) is 0 Å². The Kier molecular flexibility index (Phi) is 20.3. The maximum absolute atomic E-state index is 9.42. The van der Waals surface area contributed by atoms with Gasteiger partial charge in [-0.25, -0.2) is 0 Å². The molecule has 0 amide bonds. The third kappa shape index (κ3) is 17.8. The second kappa shape index (κ2) is 11.3. The fourth-order valence-corrected chi connectivity index (χ4v) is 0.125. The van der Waals surface area contributed by atoms with Gasteiger partial charge >= 0.3 is 37.7 Å². The predicted octanol–water partition coefficient (Wildman–Crippen LogP) is -8.29. The molecule has 0 saturated carbocycles. The molecule has 0 unspecified atom stereocenters. The Bertz CT molecular complexity index is 66.8. The van der Waals surface area contributed by atoms with Gasteiger partial charge in [-0.3, -0.25) is 0 Å². The van der Waals surface area contributed by atoms with Gasteiger partial charge < -0.3 is 19.7 Å². The Morgan fingerprint density at radius 2 is 1.89 bits per heavy atom. The summed E-state index contributed by atoms with van der Waals surface area (Å²) in [4.78, 5) is 9.29. The molecule has 0 aliphatic heterocycles. The van der Waals surface area contributed by atoms with E-state index in [0.29, 0.717) is 0 Å². The van der Waals surface area contributed by atoms with Crippen LogP contribution in [0.3, 0.4) is 0 Å². The van der Waals surface area contributed by atoms with Crippen molar-refractivity contribution in [1.82, 2.24) is 0 Å². The number of carboxylic acid groups (broad SMARTS) is 1. The van der Waals surface area contributed by atoms with Crippen molar-refractivity contribution in [2.24, 2.45) is 0 Å². The van der Waals surface area contributed by atoms with Crippen molar-refractivity contribution in [3.05, 3.63) is 0 Å². The van der Waals surface area contributed by atoms with Gasteiger partial charge in [-0.15, -0.1) is 6.61 Å². The fraction of sp³-hybridized carbons (Fsp3) is 0.667. The quantitative estimate of drug-likeness (QED) is 0.266. The largest absolute Gasteiger partial charge is 1.00 e. The minimum absolute atomic E-state index is 0. The minimum Gasteiger partial charge on any atom is -0.853 e. The van der Waals surface area contributed by atoms with Gasteiger partial charge in [0.25, 0.3) is 6.16 Å². The van der Waals surface area contributed by atoms with Crippen molar-refractivity contribution in [2.75, 3.05) is 13.2 Å². The number of ether oxygens (including phenoxy) is 1. The summed E-state index contributed by atoms with van der Waals surface area (Å²) in [5.74, 6) is 0. The Labute approximate surface area is 76.9 Å². The van der Waals surface area contributed by atoms with Crippen molar-refractivity contribution in [3.8, 4) is 0 Å². The zero-order valence-corrected chi connectivity index (χ0v) is 5.55. The maximum atomic E-state index is 9.42. The van der Waals surface area contributed by atoms with Gasteiger partial charge in [-0.2, -0.15) is 0 Å². The monoisotopic (exact) mass is 118 g/mol. The molecule has 0 fully saturated rings. The van der Waals surface area contributed by atoms with E-state index >= 15 is 0 Å². The summed E-state index contributed by atoms with van der Waals surface area (Å²) in [7, 11) is 0. The van der Waals surface area contributed by atoms with Gasteiger partial charge in [-0.1, -0.05) is 0 Å². The van der Waals surface area contributed by atoms with Crippen LogP contribution in [0.5, 0.6) is 0 Å². The molecule has 4 nitrogen and oxygen atoms in total. The molecule has 42 valence electrons. The van der Waals surface area contributed by atoms with Crippen LogP contribution in [0.4, 0.5) is 4.79 Å². The zero-order chi connectivity index (χ0) is 5.70. The average molecular weight is 118 g/mol. The van der Waals surface area contributed by atoms with Gasteiger partial charge in [0.05, 0.1) is 0 Å². The van der Waals surface area contributed by atoms with Crippen LogP contribution >= 0.6 is 0 Å². The normalized spacial score (nSPS) is 6.33. The van der Waals surface area contributed by atoms with Gasteiger partial charge in [-0.05, 0) is 0 Å². The van der Waals surface area contributed by atoms with Crippen LogP contribution in [0.1, 0.15) is 0 Å². The van der Waals surface area contributed by atoms with Crippen LogP contribution in [0.2, 0.25) is 0 Å². The molecule has 0 aliphatic carbocycles. The van der Waals surface area contributed by atoms with Crippen LogP contribution in [0.15, 0.2) is 0 Å². The van der Waals surface area contributed by atoms with Crippen LogP contribution < -0.4 is 47.9 Å². The van der Waals surface area contributed by atoms with Gasteiger partial charge in [0.1, 0.15) is 0 Å². The van der Waals surface area contributed by atoms with E-state index in [9.17, 15) is 15.0 Å². The molecule has 0 N–H and O–H groups in total. The topological polar surface area (TPSA) is 72.4 Å². The molecule has 0 saturated heterocycles. The van der Waals surface area contributed by atoms with E-state index in [0.717, 1.165) is 0 Å². The summed E-state index contributed by atoms with van der Waals surface area (Å²) in [5, 5.41) is 18.7. The molecule has 0 aromatic heterocycles. The van der Waals surface area contributed by atoms with E-state index in [1.54, 1.807) is 0 Å². The second-order valence-electron chi connectivity index (χ2n) is 0.803. The molecular weight excluding hydrogens is 114 g/mol. The summed E-state index contributed by atoms with van der Waals surface area (Å²) in [6.07, 6.45) is -1.64. The standard InChI is InChI=1S/C3H5O4.2Li/c4-1-2-7-3(5)6;;/h1-2H2,(H,5,6);;/q-1;2*+1/p-1. The van der Waals surface area contributed by atoms with Gasteiger partial charge in [0.15, 0.2) is 0 Å². The predicted molar refractivity (Wildman–Crippen MR) is 16.2 cm³/mol. The molecular formula is C3H4Li2O4. The smallest absolute Gasteiger partial charge is 0.853 e. The van der Waals surface area contributed by atoms with E-state index in [2.05, 4.69) is 4.74 Å². The van der Waals surface area contributed by atoms with Crippen molar-refractivity contribution >= 4 is 6.16 Å². The minimum atomic E-state index is -1.64. The molecule has 0 heterocycles. The summed E-state index contributed by atoms with van der Waals surface area (Å²) >= 11 is 0. The Balaban J connectivity index is -0.000000180. The van der Waals surface area contributed by atoms with E-state index in [1.807, 2.05) is 0 Å². The van der Waals surface area contributed by atoms with E-state index in [4.69, 9.17) is 0 Å². The second-order valence-corrected chi connectivity index (χ2v) is 0.803. The summed E-state index contributed by atoms with van der Waals surface area (Å²) in [6.45, 7) is -0.865. The number of carbonyl (C=O) groups excluding carboxylic acids is 1. The molecule has 0 aromatic carbocycles. The van der Waals surface area contributed by atoms with Crippen LogP contribution in [0.25, 0.3) is 0 Å². The van der Waals surface area contributed by atoms with Crippen LogP contribution in [-0.2, 0) is 4.74 Å². The first kappa shape index (κ1) is 16.2. The summed E-state index contributed by atoms with van der Waals surface area (Å²) in [5.41, 5.74) is 0. The zero-order valence-electron chi connectivity index (χ0n) is 5.55. The Hall–Kier alpha value is 0.425. The average Bonchev–Trinajstić information content (AvgIpc) is 1.61. The third-order valence-electron chi connectivity index (χ3n) is 0.303. The maximum Gasteiger partial charge on any atom is 1.00 e. The number of carbonyl (C=O) groups is 1. The Morgan fingerprint density at radius 3 is 2.00 bits per heavy atom. The SMILES string of the molecule is O=C([O-])OCC[O-].[Li+].[Li+]. The van der Waals surface area contributed by atoms with E-state index in [1.165, 1.54) is 0 Å². The van der Waals surface area contributed by atoms with Crippen LogP contribution in [0, 0.1) is 0 Å². The summed E-state index contributed by atoms with van der Waals surface area (Å²) in [6, 6.07) is 0.